The van der Waals surface area contributed by atoms with Crippen LogP contribution >= 0.6 is 0 Å². The molecule has 0 amide bonds. The van der Waals surface area contributed by atoms with Crippen molar-refractivity contribution in [2.75, 3.05) is 12.4 Å². The molecule has 5 rings (SSSR count). The number of aromatic amines is 1. The summed E-state index contributed by atoms with van der Waals surface area (Å²) in [5.41, 5.74) is 5.42. The van der Waals surface area contributed by atoms with E-state index in [1.807, 2.05) is 40.0 Å². The van der Waals surface area contributed by atoms with Crippen LogP contribution in [0.3, 0.4) is 0 Å². The highest BCUT2D eigenvalue weighted by Gasteiger charge is 2.21. The highest BCUT2D eigenvalue weighted by atomic mass is 16.5. The zero-order chi connectivity index (χ0) is 23.4. The van der Waals surface area contributed by atoms with Crippen molar-refractivity contribution in [3.8, 4) is 16.9 Å². The van der Waals surface area contributed by atoms with Crippen LogP contribution in [0.4, 0.5) is 11.8 Å². The highest BCUT2D eigenvalue weighted by Crippen LogP contribution is 2.41. The lowest BCUT2D eigenvalue weighted by molar-refractivity contribution is 0.393. The molecule has 4 aromatic heterocycles. The molecule has 0 radical (unpaired) electrons. The number of imidazole rings is 1. The molecule has 0 atom stereocenters. The van der Waals surface area contributed by atoms with E-state index in [1.54, 1.807) is 7.11 Å². The summed E-state index contributed by atoms with van der Waals surface area (Å²) in [5, 5.41) is 9.40. The van der Waals surface area contributed by atoms with Crippen molar-refractivity contribution in [3.05, 3.63) is 41.3 Å². The van der Waals surface area contributed by atoms with Gasteiger partial charge in [0.15, 0.2) is 0 Å². The average molecular weight is 446 g/mol. The Morgan fingerprint density at radius 2 is 1.91 bits per heavy atom. The van der Waals surface area contributed by atoms with Gasteiger partial charge in [-0.25, -0.2) is 15.0 Å². The SMILES string of the molecule is COc1cc2c(cc1-c1c(C)noc1C)[nH]c1nc(C)nc(Nc3ncc(C)n3C(C)C)c12. The van der Waals surface area contributed by atoms with Gasteiger partial charge in [-0.1, -0.05) is 5.16 Å². The minimum Gasteiger partial charge on any atom is -0.496 e. The predicted octanol–water partition coefficient (Wildman–Crippen LogP) is 5.53. The molecule has 0 aliphatic rings. The second-order valence-corrected chi connectivity index (χ2v) is 8.58. The van der Waals surface area contributed by atoms with E-state index in [1.165, 1.54) is 0 Å². The lowest BCUT2D eigenvalue weighted by Crippen LogP contribution is -2.09. The molecule has 9 heteroatoms. The Kier molecular flexibility index (Phi) is 4.84. The number of hydrogen-bond donors (Lipinski definition) is 2. The molecule has 5 aromatic rings. The van der Waals surface area contributed by atoms with Gasteiger partial charge >= 0.3 is 0 Å². The van der Waals surface area contributed by atoms with Crippen molar-refractivity contribution in [2.45, 2.75) is 47.6 Å². The molecule has 0 aliphatic heterocycles. The van der Waals surface area contributed by atoms with Crippen LogP contribution in [0.5, 0.6) is 5.75 Å². The van der Waals surface area contributed by atoms with Crippen molar-refractivity contribution >= 4 is 33.7 Å². The third-order valence-corrected chi connectivity index (χ3v) is 5.91. The monoisotopic (exact) mass is 445 g/mol. The zero-order valence-electron chi connectivity index (χ0n) is 19.9. The van der Waals surface area contributed by atoms with Crippen LogP contribution in [0, 0.1) is 27.7 Å². The summed E-state index contributed by atoms with van der Waals surface area (Å²) in [5.74, 6) is 3.58. The normalized spacial score (nSPS) is 11.8. The number of nitrogens with one attached hydrogen (secondary N) is 2. The van der Waals surface area contributed by atoms with Gasteiger partial charge in [-0.3, -0.25) is 0 Å². The van der Waals surface area contributed by atoms with Crippen LogP contribution < -0.4 is 10.1 Å². The molecule has 1 aromatic carbocycles. The lowest BCUT2D eigenvalue weighted by Gasteiger charge is -2.15. The largest absolute Gasteiger partial charge is 0.496 e. The summed E-state index contributed by atoms with van der Waals surface area (Å²) in [7, 11) is 1.67. The molecule has 4 heterocycles. The van der Waals surface area contributed by atoms with Gasteiger partial charge in [0.2, 0.25) is 5.95 Å². The highest BCUT2D eigenvalue weighted by molar-refractivity contribution is 6.13. The molecular formula is C24H27N7O2. The molecule has 2 N–H and O–H groups in total. The topological polar surface area (TPSA) is 107 Å². The summed E-state index contributed by atoms with van der Waals surface area (Å²) < 4.78 is 13.3. The van der Waals surface area contributed by atoms with Crippen LogP contribution in [0.1, 0.15) is 42.9 Å². The Morgan fingerprint density at radius 1 is 1.12 bits per heavy atom. The summed E-state index contributed by atoms with van der Waals surface area (Å²) in [6, 6.07) is 4.33. The third-order valence-electron chi connectivity index (χ3n) is 5.91. The van der Waals surface area contributed by atoms with E-state index in [9.17, 15) is 0 Å². The van der Waals surface area contributed by atoms with E-state index in [-0.39, 0.29) is 6.04 Å². The Balaban J connectivity index is 1.75. The smallest absolute Gasteiger partial charge is 0.208 e. The van der Waals surface area contributed by atoms with Gasteiger partial charge in [0.05, 0.1) is 30.0 Å². The number of ether oxygens (including phenoxy) is 1. The Morgan fingerprint density at radius 3 is 2.58 bits per heavy atom. The van der Waals surface area contributed by atoms with Gasteiger partial charge in [0, 0.05) is 28.2 Å². The molecule has 0 saturated heterocycles. The van der Waals surface area contributed by atoms with Gasteiger partial charge in [0.1, 0.15) is 28.8 Å². The van der Waals surface area contributed by atoms with Crippen LogP contribution in [0.25, 0.3) is 33.1 Å². The summed E-state index contributed by atoms with van der Waals surface area (Å²) in [6.45, 7) is 12.0. The van der Waals surface area contributed by atoms with Crippen LogP contribution in [0.2, 0.25) is 0 Å². The van der Waals surface area contributed by atoms with E-state index in [0.29, 0.717) is 11.6 Å². The van der Waals surface area contributed by atoms with E-state index in [2.05, 4.69) is 49.9 Å². The number of benzene rings is 1. The number of hydrogen-bond acceptors (Lipinski definition) is 7. The molecule has 0 spiro atoms. The lowest BCUT2D eigenvalue weighted by atomic mass is 10.0. The maximum atomic E-state index is 5.78. The first kappa shape index (κ1) is 21.0. The minimum atomic E-state index is 0.258. The second-order valence-electron chi connectivity index (χ2n) is 8.58. The van der Waals surface area contributed by atoms with E-state index >= 15 is 0 Å². The number of H-pyrrole nitrogens is 1. The quantitative estimate of drug-likeness (QED) is 0.366. The van der Waals surface area contributed by atoms with Crippen LogP contribution in [0.15, 0.2) is 22.9 Å². The molecule has 9 nitrogen and oxygen atoms in total. The average Bonchev–Trinajstić information content (AvgIpc) is 3.41. The van der Waals surface area contributed by atoms with E-state index in [4.69, 9.17) is 14.2 Å². The first-order valence-corrected chi connectivity index (χ1v) is 10.9. The maximum Gasteiger partial charge on any atom is 0.208 e. The number of aromatic nitrogens is 6. The number of methoxy groups -OCH3 is 1. The number of rotatable bonds is 5. The zero-order valence-corrected chi connectivity index (χ0v) is 19.9. The predicted molar refractivity (Wildman–Crippen MR) is 128 cm³/mol. The number of fused-ring (bicyclic) bond motifs is 3. The second kappa shape index (κ2) is 7.61. The molecule has 0 unspecified atom stereocenters. The first-order chi connectivity index (χ1) is 15.8. The van der Waals surface area contributed by atoms with Crippen molar-refractivity contribution in [3.63, 3.8) is 0 Å². The van der Waals surface area contributed by atoms with Gasteiger partial charge < -0.3 is 24.1 Å². The fraction of sp³-hybridized carbons (Fsp3) is 0.333. The van der Waals surface area contributed by atoms with Crippen molar-refractivity contribution in [1.82, 2.24) is 29.7 Å². The van der Waals surface area contributed by atoms with E-state index in [0.717, 1.165) is 61.9 Å². The van der Waals surface area contributed by atoms with Gasteiger partial charge in [-0.2, -0.15) is 0 Å². The van der Waals surface area contributed by atoms with Crippen molar-refractivity contribution in [1.29, 1.82) is 0 Å². The van der Waals surface area contributed by atoms with Gasteiger partial charge in [-0.15, -0.1) is 0 Å². The van der Waals surface area contributed by atoms with Gasteiger partial charge in [0.25, 0.3) is 0 Å². The third kappa shape index (κ3) is 3.31. The Hall–Kier alpha value is -3.88. The molecule has 0 bridgehead atoms. The van der Waals surface area contributed by atoms with Crippen LogP contribution in [-0.2, 0) is 0 Å². The number of anilines is 2. The molecule has 0 fully saturated rings. The van der Waals surface area contributed by atoms with Gasteiger partial charge in [-0.05, 0) is 53.7 Å². The summed E-state index contributed by atoms with van der Waals surface area (Å²) >= 11 is 0. The van der Waals surface area contributed by atoms with Crippen molar-refractivity contribution < 1.29 is 9.26 Å². The standard InChI is InChI=1S/C24H27N7O2/c1-11(2)31-12(3)10-25-24(31)29-23-21-16-9-19(32-7)17(20-13(4)30-33-14(20)5)8-18(16)28-22(21)26-15(6)27-23/h8-11H,1-7H3,(H2,25,26,27,28,29). The fourth-order valence-corrected chi connectivity index (χ4v) is 4.55. The molecule has 0 saturated carbocycles. The summed E-state index contributed by atoms with van der Waals surface area (Å²) in [4.78, 5) is 17.4. The first-order valence-electron chi connectivity index (χ1n) is 10.9. The Labute approximate surface area is 191 Å². The number of nitrogens with zero attached hydrogens (tertiary/aromatic N) is 5. The fourth-order valence-electron chi connectivity index (χ4n) is 4.55. The number of aryl methyl sites for hydroxylation is 4. The minimum absolute atomic E-state index is 0.258. The van der Waals surface area contributed by atoms with Crippen LogP contribution in [-0.4, -0.2) is 36.8 Å². The molecular weight excluding hydrogens is 418 g/mol. The molecule has 170 valence electrons. The molecule has 33 heavy (non-hydrogen) atoms. The van der Waals surface area contributed by atoms with Crippen molar-refractivity contribution in [2.24, 2.45) is 0 Å². The van der Waals surface area contributed by atoms with E-state index < -0.39 is 0 Å². The molecule has 0 aliphatic carbocycles. The maximum absolute atomic E-state index is 5.78. The Bertz CT molecular complexity index is 1490. The summed E-state index contributed by atoms with van der Waals surface area (Å²) in [6.07, 6.45) is 1.86.